The van der Waals surface area contributed by atoms with Gasteiger partial charge in [-0.2, -0.15) is 0 Å². The van der Waals surface area contributed by atoms with Gasteiger partial charge in [-0.15, -0.1) is 0 Å². The molecule has 0 saturated carbocycles. The van der Waals surface area contributed by atoms with Gasteiger partial charge in [-0.1, -0.05) is 33.3 Å². The minimum absolute atomic E-state index is 0.615. The Bertz CT molecular complexity index is 221. The molecule has 1 nitrogen and oxygen atoms in total. The van der Waals surface area contributed by atoms with Crippen LogP contribution in [0, 0.1) is 5.92 Å². The number of methoxy groups -OCH3 is 1. The Hall–Kier alpha value is -0.720. The molecule has 0 heterocycles. The zero-order chi connectivity index (χ0) is 11.1. The molecule has 0 atom stereocenters. The molecule has 1 aliphatic rings. The van der Waals surface area contributed by atoms with Crippen LogP contribution < -0.4 is 0 Å². The topological polar surface area (TPSA) is 9.23 Å². The monoisotopic (exact) mass is 196 g/mol. The van der Waals surface area contributed by atoms with Crippen molar-refractivity contribution in [2.45, 2.75) is 47.5 Å². The van der Waals surface area contributed by atoms with Crippen LogP contribution in [-0.4, -0.2) is 7.11 Å². The fourth-order valence-corrected chi connectivity index (χ4v) is 1.61. The first kappa shape index (κ1) is 13.3. The summed E-state index contributed by atoms with van der Waals surface area (Å²) in [5.74, 6) is 1.71. The largest absolute Gasteiger partial charge is 0.497 e. The van der Waals surface area contributed by atoms with Crippen LogP contribution in [-0.2, 0) is 4.74 Å². The van der Waals surface area contributed by atoms with Crippen LogP contribution in [0.1, 0.15) is 47.5 Å². The SMILES string of the molecule is CC.COC1=C(C(C)C)CCC(C)=C1. The molecule has 0 radical (unpaired) electrons. The summed E-state index contributed by atoms with van der Waals surface area (Å²) in [5.41, 5.74) is 2.89. The Labute approximate surface area is 88.9 Å². The van der Waals surface area contributed by atoms with Crippen molar-refractivity contribution in [2.75, 3.05) is 7.11 Å². The molecule has 1 rings (SSSR count). The summed E-state index contributed by atoms with van der Waals surface area (Å²) in [4.78, 5) is 0. The molecule has 0 bridgehead atoms. The summed E-state index contributed by atoms with van der Waals surface area (Å²) in [6, 6.07) is 0. The highest BCUT2D eigenvalue weighted by Gasteiger charge is 2.14. The lowest BCUT2D eigenvalue weighted by molar-refractivity contribution is 0.293. The van der Waals surface area contributed by atoms with Crippen LogP contribution in [0.3, 0.4) is 0 Å². The Morgan fingerprint density at radius 1 is 1.21 bits per heavy atom. The van der Waals surface area contributed by atoms with E-state index < -0.39 is 0 Å². The third kappa shape index (κ3) is 3.57. The first-order valence-corrected chi connectivity index (χ1v) is 5.59. The highest BCUT2D eigenvalue weighted by Crippen LogP contribution is 2.28. The standard InChI is InChI=1S/C11H18O.C2H6/c1-8(2)10-6-5-9(3)7-11(10)12-4;1-2/h7-8H,5-6H2,1-4H3;1-2H3. The predicted molar refractivity (Wildman–Crippen MR) is 63.2 cm³/mol. The predicted octanol–water partition coefficient (Wildman–Crippen LogP) is 4.31. The van der Waals surface area contributed by atoms with E-state index in [0.29, 0.717) is 5.92 Å². The third-order valence-corrected chi connectivity index (χ3v) is 2.40. The summed E-state index contributed by atoms with van der Waals surface area (Å²) in [6.45, 7) is 10.6. The molecule has 0 aromatic carbocycles. The Morgan fingerprint density at radius 2 is 1.79 bits per heavy atom. The van der Waals surface area contributed by atoms with Crippen molar-refractivity contribution in [3.63, 3.8) is 0 Å². The van der Waals surface area contributed by atoms with E-state index in [1.807, 2.05) is 13.8 Å². The van der Waals surface area contributed by atoms with Crippen LogP contribution >= 0.6 is 0 Å². The molecule has 82 valence electrons. The Kier molecular flexibility index (Phi) is 6.35. The summed E-state index contributed by atoms with van der Waals surface area (Å²) >= 11 is 0. The molecule has 0 saturated heterocycles. The minimum atomic E-state index is 0.615. The fraction of sp³-hybridized carbons (Fsp3) is 0.692. The molecular weight excluding hydrogens is 172 g/mol. The molecule has 0 aliphatic heterocycles. The van der Waals surface area contributed by atoms with Crippen LogP contribution in [0.5, 0.6) is 0 Å². The second kappa shape index (κ2) is 6.69. The van der Waals surface area contributed by atoms with Crippen molar-refractivity contribution in [1.82, 2.24) is 0 Å². The van der Waals surface area contributed by atoms with Crippen molar-refractivity contribution in [1.29, 1.82) is 0 Å². The van der Waals surface area contributed by atoms with Crippen molar-refractivity contribution in [3.8, 4) is 0 Å². The molecule has 0 amide bonds. The fourth-order valence-electron chi connectivity index (χ4n) is 1.61. The summed E-state index contributed by atoms with van der Waals surface area (Å²) < 4.78 is 5.34. The van der Waals surface area contributed by atoms with Crippen LogP contribution in [0.4, 0.5) is 0 Å². The zero-order valence-corrected chi connectivity index (χ0v) is 10.5. The Balaban J connectivity index is 0.000000791. The summed E-state index contributed by atoms with van der Waals surface area (Å²) in [6.07, 6.45) is 4.53. The van der Waals surface area contributed by atoms with Gasteiger partial charge in [-0.05, 0) is 37.3 Å². The summed E-state index contributed by atoms with van der Waals surface area (Å²) in [5, 5.41) is 0. The van der Waals surface area contributed by atoms with Gasteiger partial charge in [0.05, 0.1) is 7.11 Å². The van der Waals surface area contributed by atoms with E-state index in [9.17, 15) is 0 Å². The van der Waals surface area contributed by atoms with Gasteiger partial charge in [-0.3, -0.25) is 0 Å². The lowest BCUT2D eigenvalue weighted by atomic mass is 9.90. The zero-order valence-electron chi connectivity index (χ0n) is 10.5. The highest BCUT2D eigenvalue weighted by atomic mass is 16.5. The van der Waals surface area contributed by atoms with Crippen LogP contribution in [0.2, 0.25) is 0 Å². The van der Waals surface area contributed by atoms with Gasteiger partial charge < -0.3 is 4.74 Å². The normalized spacial score (nSPS) is 16.1. The van der Waals surface area contributed by atoms with Gasteiger partial charge >= 0.3 is 0 Å². The number of hydrogen-bond donors (Lipinski definition) is 0. The van der Waals surface area contributed by atoms with Gasteiger partial charge in [0.2, 0.25) is 0 Å². The van der Waals surface area contributed by atoms with Crippen molar-refractivity contribution < 1.29 is 4.74 Å². The first-order chi connectivity index (χ1) is 6.65. The maximum absolute atomic E-state index is 5.34. The van der Waals surface area contributed by atoms with Gasteiger partial charge in [0.15, 0.2) is 0 Å². The maximum Gasteiger partial charge on any atom is 0.118 e. The summed E-state index contributed by atoms with van der Waals surface area (Å²) in [7, 11) is 1.76. The van der Waals surface area contributed by atoms with E-state index in [0.717, 1.165) is 5.76 Å². The van der Waals surface area contributed by atoms with E-state index in [1.165, 1.54) is 24.0 Å². The highest BCUT2D eigenvalue weighted by molar-refractivity contribution is 5.29. The van der Waals surface area contributed by atoms with Crippen LogP contribution in [0.25, 0.3) is 0 Å². The molecule has 1 aliphatic carbocycles. The first-order valence-electron chi connectivity index (χ1n) is 5.59. The van der Waals surface area contributed by atoms with Crippen molar-refractivity contribution in [3.05, 3.63) is 23.0 Å². The average molecular weight is 196 g/mol. The van der Waals surface area contributed by atoms with E-state index in [4.69, 9.17) is 4.74 Å². The molecule has 0 aromatic heterocycles. The second-order valence-electron chi connectivity index (χ2n) is 3.74. The molecule has 0 unspecified atom stereocenters. The second-order valence-corrected chi connectivity index (χ2v) is 3.74. The lowest BCUT2D eigenvalue weighted by Crippen LogP contribution is -2.05. The lowest BCUT2D eigenvalue weighted by Gasteiger charge is -2.20. The number of allylic oxidation sites excluding steroid dienone is 3. The molecule has 0 fully saturated rings. The number of hydrogen-bond acceptors (Lipinski definition) is 1. The van der Waals surface area contributed by atoms with Crippen molar-refractivity contribution >= 4 is 0 Å². The van der Waals surface area contributed by atoms with Gasteiger partial charge in [0.1, 0.15) is 5.76 Å². The molecule has 0 aromatic rings. The quantitative estimate of drug-likeness (QED) is 0.639. The maximum atomic E-state index is 5.34. The molecular formula is C13H24O. The molecule has 0 N–H and O–H groups in total. The van der Waals surface area contributed by atoms with Crippen molar-refractivity contribution in [2.24, 2.45) is 5.92 Å². The number of ether oxygens (including phenoxy) is 1. The van der Waals surface area contributed by atoms with E-state index in [-0.39, 0.29) is 0 Å². The smallest absolute Gasteiger partial charge is 0.118 e. The molecule has 14 heavy (non-hydrogen) atoms. The van der Waals surface area contributed by atoms with Crippen LogP contribution in [0.15, 0.2) is 23.0 Å². The van der Waals surface area contributed by atoms with Gasteiger partial charge in [0, 0.05) is 0 Å². The average Bonchev–Trinajstić information content (AvgIpc) is 2.20. The minimum Gasteiger partial charge on any atom is -0.497 e. The van der Waals surface area contributed by atoms with Gasteiger partial charge in [0.25, 0.3) is 0 Å². The molecule has 0 spiro atoms. The van der Waals surface area contributed by atoms with E-state index in [1.54, 1.807) is 7.11 Å². The Morgan fingerprint density at radius 3 is 2.21 bits per heavy atom. The van der Waals surface area contributed by atoms with E-state index >= 15 is 0 Å². The van der Waals surface area contributed by atoms with E-state index in [2.05, 4.69) is 26.8 Å². The molecule has 1 heteroatoms. The van der Waals surface area contributed by atoms with Gasteiger partial charge in [-0.25, -0.2) is 0 Å². The third-order valence-electron chi connectivity index (χ3n) is 2.40. The number of rotatable bonds is 2.